The normalized spacial score (nSPS) is 26.7. The molecule has 3 aliphatic rings. The third kappa shape index (κ3) is 6.06. The Morgan fingerprint density at radius 3 is 2.46 bits per heavy atom. The first-order chi connectivity index (χ1) is 22.9. The number of ether oxygens (including phenoxy) is 2. The minimum Gasteiger partial charge on any atom is -0.507 e. The van der Waals surface area contributed by atoms with Crippen LogP contribution < -0.4 is 15.8 Å². The number of unbranched alkanes of at least 4 members (excludes halogenated alkanes) is 1. The van der Waals surface area contributed by atoms with Crippen molar-refractivity contribution in [2.24, 2.45) is 29.4 Å². The van der Waals surface area contributed by atoms with Crippen LogP contribution in [0.4, 0.5) is 0 Å². The molecule has 3 unspecified atom stereocenters. The first kappa shape index (κ1) is 35.3. The number of fused-ring (bicyclic) bond motifs is 3. The van der Waals surface area contributed by atoms with Crippen LogP contribution in [0, 0.1) is 23.7 Å². The molecule has 48 heavy (non-hydrogen) atoms. The molecule has 0 saturated heterocycles. The number of rotatable bonds is 13. The molecule has 12 heteroatoms. The third-order valence-electron chi connectivity index (χ3n) is 10.1. The standard InChI is InChI=1S/C36H45N3O9/c1-5-6-13-48-14-7-12-38-18-19-8-11-26(47-4)22(15-19)21-9-10-25(40)28-23(21)16-20-17-24-30(39(2)3)32(42)29(35(37)45)34(44)36(24,46)33(43)27(20)31(28)41/h8-11,15,20,24,27,29-30,38,40,46H,5-7,12-14,16-18H2,1-4H3,(H2,37,45)/t20-,24-,27?,29?,30?,36-/m0/s1. The van der Waals surface area contributed by atoms with Crippen molar-refractivity contribution < 1.29 is 43.7 Å². The van der Waals surface area contributed by atoms with Crippen LogP contribution in [-0.2, 0) is 36.9 Å². The molecule has 1 amide bonds. The number of phenolic OH excluding ortho intramolecular Hbond substituents is 1. The van der Waals surface area contributed by atoms with Gasteiger partial charge in [0.25, 0.3) is 0 Å². The van der Waals surface area contributed by atoms with Gasteiger partial charge in [0.2, 0.25) is 5.91 Å². The van der Waals surface area contributed by atoms with Crippen molar-refractivity contribution in [3.8, 4) is 22.6 Å². The van der Waals surface area contributed by atoms with Gasteiger partial charge >= 0.3 is 0 Å². The second kappa shape index (κ2) is 14.3. The van der Waals surface area contributed by atoms with Crippen molar-refractivity contribution in [3.63, 3.8) is 0 Å². The number of nitrogens with zero attached hydrogens (tertiary/aromatic N) is 1. The molecule has 258 valence electrons. The van der Waals surface area contributed by atoms with Crippen LogP contribution in [0.1, 0.15) is 54.1 Å². The fraction of sp³-hybridized carbons (Fsp3) is 0.528. The van der Waals surface area contributed by atoms with Crippen LogP contribution in [0.2, 0.25) is 0 Å². The van der Waals surface area contributed by atoms with E-state index in [9.17, 15) is 34.2 Å². The van der Waals surface area contributed by atoms with Crippen LogP contribution in [-0.4, -0.2) is 96.8 Å². The zero-order valence-corrected chi connectivity index (χ0v) is 27.9. The Hall–Kier alpha value is -3.97. The zero-order valence-electron chi connectivity index (χ0n) is 27.9. The fourth-order valence-corrected chi connectivity index (χ4v) is 7.81. The molecule has 2 aromatic rings. The Bertz CT molecular complexity index is 1620. The lowest BCUT2D eigenvalue weighted by Crippen LogP contribution is -2.74. The number of aliphatic hydroxyl groups is 1. The SMILES string of the molecule is CCCCOCCCNCc1ccc(OC)c(-c2ccc(O)c3c2C[C@H]2C[C@H]4C(N(C)C)C(=O)C(C(N)=O)C(=O)[C@@]4(O)C(=O)C2C3=O)c1. The first-order valence-electron chi connectivity index (χ1n) is 16.5. The van der Waals surface area contributed by atoms with Gasteiger partial charge in [-0.3, -0.25) is 28.9 Å². The number of nitrogens with two attached hydrogens (primary N) is 1. The number of benzene rings is 2. The number of carbonyl (C=O) groups is 5. The number of phenols is 1. The molecule has 5 rings (SSSR count). The van der Waals surface area contributed by atoms with Gasteiger partial charge in [0.05, 0.1) is 24.6 Å². The summed E-state index contributed by atoms with van der Waals surface area (Å²) >= 11 is 0. The number of amides is 1. The van der Waals surface area contributed by atoms with Crippen molar-refractivity contribution >= 4 is 29.0 Å². The molecule has 5 N–H and O–H groups in total. The summed E-state index contributed by atoms with van der Waals surface area (Å²) in [5, 5.41) is 26.2. The number of likely N-dealkylation sites (N-methyl/N-ethyl adjacent to an activating group) is 1. The monoisotopic (exact) mass is 663 g/mol. The molecule has 0 aromatic heterocycles. The molecule has 2 fully saturated rings. The number of ketones is 4. The smallest absolute Gasteiger partial charge is 0.235 e. The van der Waals surface area contributed by atoms with Crippen molar-refractivity contribution in [2.75, 3.05) is 41.0 Å². The van der Waals surface area contributed by atoms with Gasteiger partial charge in [0.1, 0.15) is 11.5 Å². The van der Waals surface area contributed by atoms with Crippen LogP contribution >= 0.6 is 0 Å². The van der Waals surface area contributed by atoms with Gasteiger partial charge in [0.15, 0.2) is 34.7 Å². The summed E-state index contributed by atoms with van der Waals surface area (Å²) in [4.78, 5) is 68.9. The van der Waals surface area contributed by atoms with E-state index in [2.05, 4.69) is 12.2 Å². The predicted molar refractivity (Wildman–Crippen MR) is 175 cm³/mol. The highest BCUT2D eigenvalue weighted by Crippen LogP contribution is 2.52. The Kier molecular flexibility index (Phi) is 10.5. The summed E-state index contributed by atoms with van der Waals surface area (Å²) in [6.45, 7) is 4.91. The van der Waals surface area contributed by atoms with Gasteiger partial charge < -0.3 is 30.7 Å². The van der Waals surface area contributed by atoms with Gasteiger partial charge in [-0.1, -0.05) is 25.5 Å². The summed E-state index contributed by atoms with van der Waals surface area (Å²) in [6.07, 6.45) is 3.13. The first-order valence-corrected chi connectivity index (χ1v) is 16.5. The Balaban J connectivity index is 1.48. The van der Waals surface area contributed by atoms with E-state index in [0.717, 1.165) is 38.0 Å². The van der Waals surface area contributed by atoms with Crippen molar-refractivity contribution in [2.45, 2.75) is 57.2 Å². The predicted octanol–water partition coefficient (Wildman–Crippen LogP) is 1.84. The highest BCUT2D eigenvalue weighted by Gasteiger charge is 2.69. The number of carbonyl (C=O) groups excluding carboxylic acids is 5. The van der Waals surface area contributed by atoms with Crippen LogP contribution in [0.3, 0.4) is 0 Å². The second-order valence-corrected chi connectivity index (χ2v) is 13.3. The lowest BCUT2D eigenvalue weighted by Gasteiger charge is -2.52. The summed E-state index contributed by atoms with van der Waals surface area (Å²) < 4.78 is 11.3. The molecule has 2 aromatic carbocycles. The summed E-state index contributed by atoms with van der Waals surface area (Å²) in [5.41, 5.74) is 5.39. The average Bonchev–Trinajstić information content (AvgIpc) is 3.03. The van der Waals surface area contributed by atoms with E-state index in [1.807, 2.05) is 18.2 Å². The molecule has 0 spiro atoms. The van der Waals surface area contributed by atoms with Crippen molar-refractivity contribution in [1.82, 2.24) is 10.2 Å². The molecule has 0 radical (unpaired) electrons. The van der Waals surface area contributed by atoms with Gasteiger partial charge in [-0.2, -0.15) is 0 Å². The van der Waals surface area contributed by atoms with E-state index < -0.39 is 64.4 Å². The molecule has 2 saturated carbocycles. The summed E-state index contributed by atoms with van der Waals surface area (Å²) in [7, 11) is 4.66. The second-order valence-electron chi connectivity index (χ2n) is 13.3. The average molecular weight is 664 g/mol. The number of methoxy groups -OCH3 is 1. The topological polar surface area (TPSA) is 186 Å². The molecule has 0 bridgehead atoms. The summed E-state index contributed by atoms with van der Waals surface area (Å²) in [6, 6.07) is 7.67. The number of nitrogens with one attached hydrogen (secondary N) is 1. The molecule has 3 aliphatic carbocycles. The Morgan fingerprint density at radius 1 is 1.06 bits per heavy atom. The number of hydrogen-bond acceptors (Lipinski definition) is 11. The fourth-order valence-electron chi connectivity index (χ4n) is 7.81. The zero-order chi connectivity index (χ0) is 34.9. The van der Waals surface area contributed by atoms with Crippen LogP contribution in [0.25, 0.3) is 11.1 Å². The number of Topliss-reactive ketones (excluding diaryl/α,β-unsaturated/α-hetero) is 4. The van der Waals surface area contributed by atoms with Gasteiger partial charge in [0, 0.05) is 31.2 Å². The lowest BCUT2D eigenvalue weighted by molar-refractivity contribution is -0.181. The molecule has 12 nitrogen and oxygen atoms in total. The molecule has 6 atom stereocenters. The minimum atomic E-state index is -2.77. The number of hydrogen-bond donors (Lipinski definition) is 4. The van der Waals surface area contributed by atoms with E-state index in [0.29, 0.717) is 35.6 Å². The highest BCUT2D eigenvalue weighted by atomic mass is 16.5. The number of aromatic hydroxyl groups is 1. The van der Waals surface area contributed by atoms with E-state index in [1.165, 1.54) is 11.0 Å². The van der Waals surface area contributed by atoms with Gasteiger partial charge in [-0.15, -0.1) is 0 Å². The lowest BCUT2D eigenvalue weighted by atomic mass is 9.52. The third-order valence-corrected chi connectivity index (χ3v) is 10.1. The summed E-state index contributed by atoms with van der Waals surface area (Å²) in [5.74, 6) is -10.3. The maximum absolute atomic E-state index is 14.2. The van der Waals surface area contributed by atoms with Gasteiger partial charge in [-0.25, -0.2) is 0 Å². The molecular weight excluding hydrogens is 618 g/mol. The molecule has 0 heterocycles. The molecular formula is C36H45N3O9. The quantitative estimate of drug-likeness (QED) is 0.181. The van der Waals surface area contributed by atoms with E-state index >= 15 is 0 Å². The van der Waals surface area contributed by atoms with Gasteiger partial charge in [-0.05, 0) is 87.1 Å². The van der Waals surface area contributed by atoms with E-state index in [1.54, 1.807) is 27.3 Å². The Labute approximate surface area is 280 Å². The minimum absolute atomic E-state index is 0.0256. The Morgan fingerprint density at radius 2 is 1.79 bits per heavy atom. The number of primary amides is 1. The maximum Gasteiger partial charge on any atom is 0.235 e. The van der Waals surface area contributed by atoms with Crippen molar-refractivity contribution in [1.29, 1.82) is 0 Å². The largest absolute Gasteiger partial charge is 0.507 e. The van der Waals surface area contributed by atoms with Crippen molar-refractivity contribution in [3.05, 3.63) is 47.0 Å². The molecule has 0 aliphatic heterocycles. The van der Waals surface area contributed by atoms with E-state index in [-0.39, 0.29) is 24.2 Å². The highest BCUT2D eigenvalue weighted by molar-refractivity contribution is 6.32. The van der Waals surface area contributed by atoms with E-state index in [4.69, 9.17) is 15.2 Å². The maximum atomic E-state index is 14.2. The van der Waals surface area contributed by atoms with Crippen LogP contribution in [0.5, 0.6) is 11.5 Å². The van der Waals surface area contributed by atoms with Crippen LogP contribution in [0.15, 0.2) is 30.3 Å².